The molecule has 3 heterocycles. The first-order valence-corrected chi connectivity index (χ1v) is 9.36. The van der Waals surface area contributed by atoms with Gasteiger partial charge >= 0.3 is 0 Å². The molecule has 0 bridgehead atoms. The van der Waals surface area contributed by atoms with E-state index in [-0.39, 0.29) is 29.4 Å². The van der Waals surface area contributed by atoms with Crippen LogP contribution in [0.1, 0.15) is 25.7 Å². The molecule has 2 fully saturated rings. The highest BCUT2D eigenvalue weighted by Gasteiger charge is 2.38. The van der Waals surface area contributed by atoms with Crippen molar-refractivity contribution >= 4 is 15.7 Å². The molecule has 3 rings (SSSR count). The average molecular weight is 311 g/mol. The number of piperidine rings is 1. The number of aromatic nitrogens is 2. The van der Waals surface area contributed by atoms with Crippen molar-refractivity contribution in [3.8, 4) is 0 Å². The molecule has 21 heavy (non-hydrogen) atoms. The van der Waals surface area contributed by atoms with Crippen molar-refractivity contribution < 1.29 is 13.2 Å². The van der Waals surface area contributed by atoms with Gasteiger partial charge in [-0.3, -0.25) is 9.48 Å². The molecule has 1 aromatic heterocycles. The molecule has 6 nitrogen and oxygen atoms in total. The third kappa shape index (κ3) is 3.28. The summed E-state index contributed by atoms with van der Waals surface area (Å²) in [6.45, 7) is 1.43. The van der Waals surface area contributed by atoms with Gasteiger partial charge < -0.3 is 4.90 Å². The molecule has 0 N–H and O–H groups in total. The molecule has 2 atom stereocenters. The standard InChI is InChI=1S/C14H21N3O3S/c18-14(12-5-9-21(19,20)11-12)17-8-2-1-4-13(17)10-16-7-3-6-15-16/h3,6-7,12-13H,1-2,4-5,8-11H2. The van der Waals surface area contributed by atoms with Crippen LogP contribution in [-0.2, 0) is 21.2 Å². The van der Waals surface area contributed by atoms with E-state index in [4.69, 9.17) is 0 Å². The minimum absolute atomic E-state index is 0.0212. The Morgan fingerprint density at radius 2 is 2.14 bits per heavy atom. The predicted octanol–water partition coefficient (Wildman–Crippen LogP) is 0.699. The van der Waals surface area contributed by atoms with E-state index in [1.807, 2.05) is 21.8 Å². The Labute approximate surface area is 125 Å². The van der Waals surface area contributed by atoms with Crippen LogP contribution >= 0.6 is 0 Å². The molecular weight excluding hydrogens is 290 g/mol. The zero-order chi connectivity index (χ0) is 14.9. The summed E-state index contributed by atoms with van der Waals surface area (Å²) in [5, 5.41) is 4.21. The van der Waals surface area contributed by atoms with E-state index in [9.17, 15) is 13.2 Å². The van der Waals surface area contributed by atoms with E-state index in [1.165, 1.54) is 0 Å². The third-order valence-corrected chi connectivity index (χ3v) is 6.22. The van der Waals surface area contributed by atoms with Crippen molar-refractivity contribution in [3.63, 3.8) is 0 Å². The van der Waals surface area contributed by atoms with Crippen molar-refractivity contribution in [2.24, 2.45) is 5.92 Å². The molecule has 2 unspecified atom stereocenters. The number of nitrogens with zero attached hydrogens (tertiary/aromatic N) is 3. The number of rotatable bonds is 3. The Kier molecular flexibility index (Phi) is 4.01. The Bertz CT molecular complexity index is 597. The highest BCUT2D eigenvalue weighted by atomic mass is 32.2. The Morgan fingerprint density at radius 1 is 1.29 bits per heavy atom. The second-order valence-electron chi connectivity index (χ2n) is 6.01. The lowest BCUT2D eigenvalue weighted by molar-refractivity contribution is -0.138. The summed E-state index contributed by atoms with van der Waals surface area (Å²) in [7, 11) is -3.01. The summed E-state index contributed by atoms with van der Waals surface area (Å²) in [5.41, 5.74) is 0. The van der Waals surface area contributed by atoms with Gasteiger partial charge in [0.05, 0.1) is 30.0 Å². The van der Waals surface area contributed by atoms with Crippen LogP contribution < -0.4 is 0 Å². The number of sulfone groups is 1. The molecule has 0 saturated carbocycles. The Morgan fingerprint density at radius 3 is 2.81 bits per heavy atom. The number of carbonyl (C=O) groups is 1. The fourth-order valence-corrected chi connectivity index (χ4v) is 5.06. The molecular formula is C14H21N3O3S. The monoisotopic (exact) mass is 311 g/mol. The molecule has 2 aliphatic rings. The van der Waals surface area contributed by atoms with Crippen LogP contribution in [0, 0.1) is 5.92 Å². The maximum Gasteiger partial charge on any atom is 0.227 e. The van der Waals surface area contributed by atoms with Crippen molar-refractivity contribution in [1.29, 1.82) is 0 Å². The number of likely N-dealkylation sites (tertiary alicyclic amines) is 1. The number of amides is 1. The van der Waals surface area contributed by atoms with Gasteiger partial charge in [-0.2, -0.15) is 5.10 Å². The van der Waals surface area contributed by atoms with Crippen LogP contribution in [0.15, 0.2) is 18.5 Å². The third-order valence-electron chi connectivity index (χ3n) is 4.45. The van der Waals surface area contributed by atoms with E-state index in [0.29, 0.717) is 13.0 Å². The molecule has 1 amide bonds. The fourth-order valence-electron chi connectivity index (χ4n) is 3.33. The first-order chi connectivity index (χ1) is 10.1. The molecule has 0 spiro atoms. The lowest BCUT2D eigenvalue weighted by Crippen LogP contribution is -2.48. The van der Waals surface area contributed by atoms with Crippen molar-refractivity contribution in [1.82, 2.24) is 14.7 Å². The molecule has 0 radical (unpaired) electrons. The zero-order valence-corrected chi connectivity index (χ0v) is 12.8. The second kappa shape index (κ2) is 5.79. The number of hydrogen-bond donors (Lipinski definition) is 0. The summed E-state index contributed by atoms with van der Waals surface area (Å²) in [4.78, 5) is 14.6. The lowest BCUT2D eigenvalue weighted by Gasteiger charge is -2.37. The van der Waals surface area contributed by atoms with Gasteiger partial charge in [0.1, 0.15) is 0 Å². The summed E-state index contributed by atoms with van der Waals surface area (Å²) < 4.78 is 25.0. The Hall–Kier alpha value is -1.37. The van der Waals surface area contributed by atoms with E-state index < -0.39 is 9.84 Å². The van der Waals surface area contributed by atoms with Crippen LogP contribution in [0.5, 0.6) is 0 Å². The molecule has 116 valence electrons. The summed E-state index contributed by atoms with van der Waals surface area (Å²) >= 11 is 0. The topological polar surface area (TPSA) is 72.3 Å². The summed E-state index contributed by atoms with van der Waals surface area (Å²) in [5.74, 6) is -0.140. The SMILES string of the molecule is O=C(C1CCS(=O)(=O)C1)N1CCCCC1Cn1cccn1. The predicted molar refractivity (Wildman–Crippen MR) is 78.3 cm³/mol. The van der Waals surface area contributed by atoms with Gasteiger partial charge in [-0.25, -0.2) is 8.42 Å². The molecule has 1 aromatic rings. The highest BCUT2D eigenvalue weighted by Crippen LogP contribution is 2.26. The largest absolute Gasteiger partial charge is 0.338 e. The summed E-state index contributed by atoms with van der Waals surface area (Å²) in [6, 6.07) is 2.01. The van der Waals surface area contributed by atoms with Crippen LogP contribution in [-0.4, -0.2) is 53.1 Å². The first kappa shape index (κ1) is 14.6. The number of carbonyl (C=O) groups excluding carboxylic acids is 1. The van der Waals surface area contributed by atoms with Crippen LogP contribution in [0.4, 0.5) is 0 Å². The molecule has 2 aliphatic heterocycles. The molecule has 0 aliphatic carbocycles. The van der Waals surface area contributed by atoms with Gasteiger partial charge in [0.25, 0.3) is 0 Å². The van der Waals surface area contributed by atoms with Gasteiger partial charge in [-0.05, 0) is 31.7 Å². The van der Waals surface area contributed by atoms with Gasteiger partial charge in [0.15, 0.2) is 9.84 Å². The van der Waals surface area contributed by atoms with Gasteiger partial charge in [0.2, 0.25) is 5.91 Å². The van der Waals surface area contributed by atoms with E-state index in [1.54, 1.807) is 6.20 Å². The molecule has 0 aromatic carbocycles. The smallest absolute Gasteiger partial charge is 0.227 e. The van der Waals surface area contributed by atoms with Gasteiger partial charge in [-0.15, -0.1) is 0 Å². The van der Waals surface area contributed by atoms with Crippen molar-refractivity contribution in [2.75, 3.05) is 18.1 Å². The van der Waals surface area contributed by atoms with Gasteiger partial charge in [0, 0.05) is 18.9 Å². The van der Waals surface area contributed by atoms with Crippen LogP contribution in [0.3, 0.4) is 0 Å². The average Bonchev–Trinajstić information content (AvgIpc) is 3.08. The maximum absolute atomic E-state index is 12.7. The van der Waals surface area contributed by atoms with E-state index in [0.717, 1.165) is 25.8 Å². The minimum Gasteiger partial charge on any atom is -0.338 e. The van der Waals surface area contributed by atoms with Gasteiger partial charge in [-0.1, -0.05) is 0 Å². The molecule has 2 saturated heterocycles. The normalized spacial score (nSPS) is 28.7. The fraction of sp³-hybridized carbons (Fsp3) is 0.714. The molecule has 7 heteroatoms. The van der Waals surface area contributed by atoms with Crippen molar-refractivity contribution in [3.05, 3.63) is 18.5 Å². The van der Waals surface area contributed by atoms with E-state index >= 15 is 0 Å². The first-order valence-electron chi connectivity index (χ1n) is 7.53. The quantitative estimate of drug-likeness (QED) is 0.824. The maximum atomic E-state index is 12.7. The zero-order valence-electron chi connectivity index (χ0n) is 12.0. The van der Waals surface area contributed by atoms with E-state index in [2.05, 4.69) is 5.10 Å². The summed E-state index contributed by atoms with van der Waals surface area (Å²) in [6.07, 6.45) is 7.19. The minimum atomic E-state index is -3.01. The number of hydrogen-bond acceptors (Lipinski definition) is 4. The van der Waals surface area contributed by atoms with Crippen LogP contribution in [0.2, 0.25) is 0 Å². The van der Waals surface area contributed by atoms with Crippen molar-refractivity contribution in [2.45, 2.75) is 38.3 Å². The highest BCUT2D eigenvalue weighted by molar-refractivity contribution is 7.91. The lowest BCUT2D eigenvalue weighted by atomic mass is 9.98. The van der Waals surface area contributed by atoms with Crippen LogP contribution in [0.25, 0.3) is 0 Å². The second-order valence-corrected chi connectivity index (χ2v) is 8.24. The Balaban J connectivity index is 1.70.